The van der Waals surface area contributed by atoms with Crippen LogP contribution in [0.2, 0.25) is 0 Å². The van der Waals surface area contributed by atoms with E-state index in [1.54, 1.807) is 48.5 Å². The smallest absolute Gasteiger partial charge is 0.284 e. The van der Waals surface area contributed by atoms with Gasteiger partial charge < -0.3 is 9.47 Å². The predicted molar refractivity (Wildman–Crippen MR) is 124 cm³/mol. The van der Waals surface area contributed by atoms with Crippen LogP contribution >= 0.6 is 0 Å². The van der Waals surface area contributed by atoms with Crippen molar-refractivity contribution in [2.75, 3.05) is 0 Å². The number of nitrogens with two attached hydrogens (primary N) is 2. The molecule has 0 fully saturated rings. The van der Waals surface area contributed by atoms with Crippen LogP contribution < -0.4 is 21.2 Å². The van der Waals surface area contributed by atoms with Gasteiger partial charge in [-0.15, -0.1) is 0 Å². The lowest BCUT2D eigenvalue weighted by Crippen LogP contribution is -2.48. The molecule has 10 nitrogen and oxygen atoms in total. The Labute approximate surface area is 198 Å². The predicted octanol–water partition coefficient (Wildman–Crippen LogP) is 1.94. The first-order valence-corrected chi connectivity index (χ1v) is 10.9. The summed E-state index contributed by atoms with van der Waals surface area (Å²) in [6, 6.07) is 17.4. The number of rotatable bonds is 11. The highest BCUT2D eigenvalue weighted by atomic mass is 16.5. The van der Waals surface area contributed by atoms with Crippen molar-refractivity contribution >= 4 is 23.6 Å². The summed E-state index contributed by atoms with van der Waals surface area (Å²) < 4.78 is 11.0. The molecule has 2 unspecified atom stereocenters. The number of hydrogen-bond acceptors (Lipinski definition) is 8. The number of imide groups is 2. The zero-order chi connectivity index (χ0) is 25.1. The molecule has 0 aliphatic carbocycles. The zero-order valence-electron chi connectivity index (χ0n) is 19.3. The minimum atomic E-state index is -0.949. The molecule has 0 heterocycles. The number of ether oxygens (including phenoxy) is 2. The molecular formula is C24H30N4O6. The second-order valence-corrected chi connectivity index (χ2v) is 7.56. The van der Waals surface area contributed by atoms with E-state index in [2.05, 4.69) is 0 Å². The molecule has 2 aromatic rings. The van der Waals surface area contributed by atoms with E-state index >= 15 is 0 Å². The molecule has 0 radical (unpaired) electrons. The van der Waals surface area contributed by atoms with E-state index in [1.807, 2.05) is 12.1 Å². The number of para-hydroxylation sites is 2. The van der Waals surface area contributed by atoms with Gasteiger partial charge in [0.05, 0.1) is 0 Å². The molecular weight excluding hydrogens is 440 g/mol. The van der Waals surface area contributed by atoms with Gasteiger partial charge in [0.1, 0.15) is 11.5 Å². The molecule has 4 amide bonds. The van der Waals surface area contributed by atoms with E-state index < -0.39 is 35.8 Å². The van der Waals surface area contributed by atoms with Crippen LogP contribution in [0.3, 0.4) is 0 Å². The minimum absolute atomic E-state index is 0.0559. The third kappa shape index (κ3) is 7.98. The first-order valence-electron chi connectivity index (χ1n) is 10.9. The van der Waals surface area contributed by atoms with Crippen molar-refractivity contribution in [2.24, 2.45) is 11.7 Å². The van der Waals surface area contributed by atoms with Gasteiger partial charge in [-0.2, -0.15) is 0 Å². The molecule has 2 aromatic carbocycles. The van der Waals surface area contributed by atoms with Gasteiger partial charge in [-0.05, 0) is 51.0 Å². The van der Waals surface area contributed by atoms with Crippen LogP contribution in [0.15, 0.2) is 60.7 Å². The van der Waals surface area contributed by atoms with Crippen LogP contribution in [0.4, 0.5) is 0 Å². The van der Waals surface area contributed by atoms with Crippen molar-refractivity contribution in [3.63, 3.8) is 0 Å². The molecule has 0 aliphatic rings. The highest BCUT2D eigenvalue weighted by molar-refractivity contribution is 5.97. The largest absolute Gasteiger partial charge is 0.481 e. The maximum absolute atomic E-state index is 12.3. The van der Waals surface area contributed by atoms with Gasteiger partial charge in [-0.3, -0.25) is 19.2 Å². The van der Waals surface area contributed by atoms with E-state index in [4.69, 9.17) is 21.2 Å². The number of hydrazine groups is 2. The molecule has 0 aliphatic heterocycles. The van der Waals surface area contributed by atoms with Crippen LogP contribution in [0.25, 0.3) is 0 Å². The maximum Gasteiger partial charge on any atom is 0.284 e. The Balaban J connectivity index is 1.71. The monoisotopic (exact) mass is 470 g/mol. The number of amides is 4. The van der Waals surface area contributed by atoms with E-state index in [1.165, 1.54) is 13.8 Å². The van der Waals surface area contributed by atoms with E-state index in [0.717, 1.165) is 0 Å². The van der Waals surface area contributed by atoms with Crippen molar-refractivity contribution in [1.82, 2.24) is 10.0 Å². The SMILES string of the molecule is CC(Oc1ccccc1)C(=O)N(N)C(=O)CCCCC(=O)N(N)C(=O)C(C)Oc1ccccc1. The number of benzene rings is 2. The molecule has 0 bridgehead atoms. The quantitative estimate of drug-likeness (QED) is 0.219. The fourth-order valence-electron chi connectivity index (χ4n) is 2.94. The zero-order valence-corrected chi connectivity index (χ0v) is 19.3. The molecule has 0 aromatic heterocycles. The molecule has 4 N–H and O–H groups in total. The average molecular weight is 471 g/mol. The molecule has 0 saturated carbocycles. The van der Waals surface area contributed by atoms with Crippen molar-refractivity contribution in [2.45, 2.75) is 51.7 Å². The van der Waals surface area contributed by atoms with Gasteiger partial charge >= 0.3 is 0 Å². The summed E-state index contributed by atoms with van der Waals surface area (Å²) in [6.45, 7) is 2.99. The average Bonchev–Trinajstić information content (AvgIpc) is 2.85. The molecule has 0 spiro atoms. The normalized spacial score (nSPS) is 12.2. The Bertz CT molecular complexity index is 890. The van der Waals surface area contributed by atoms with Crippen LogP contribution in [-0.4, -0.2) is 45.9 Å². The number of carbonyl (C=O) groups is 4. The second-order valence-electron chi connectivity index (χ2n) is 7.56. The van der Waals surface area contributed by atoms with Crippen LogP contribution in [0.5, 0.6) is 11.5 Å². The Morgan fingerprint density at radius 1 is 0.676 bits per heavy atom. The minimum Gasteiger partial charge on any atom is -0.481 e. The van der Waals surface area contributed by atoms with E-state index in [9.17, 15) is 19.2 Å². The first kappa shape index (κ1) is 26.5. The Hall–Kier alpha value is -3.76. The summed E-state index contributed by atoms with van der Waals surface area (Å²) in [5.74, 6) is 9.66. The highest BCUT2D eigenvalue weighted by Crippen LogP contribution is 2.13. The third-order valence-corrected chi connectivity index (χ3v) is 4.85. The lowest BCUT2D eigenvalue weighted by Gasteiger charge is -2.21. The third-order valence-electron chi connectivity index (χ3n) is 4.85. The Morgan fingerprint density at radius 2 is 1.00 bits per heavy atom. The summed E-state index contributed by atoms with van der Waals surface area (Å²) >= 11 is 0. The van der Waals surface area contributed by atoms with Crippen LogP contribution in [-0.2, 0) is 19.2 Å². The van der Waals surface area contributed by atoms with Gasteiger partial charge in [0.25, 0.3) is 11.8 Å². The fourth-order valence-corrected chi connectivity index (χ4v) is 2.94. The van der Waals surface area contributed by atoms with Crippen molar-refractivity contribution < 1.29 is 28.7 Å². The summed E-state index contributed by atoms with van der Waals surface area (Å²) in [7, 11) is 0. The highest BCUT2D eigenvalue weighted by Gasteiger charge is 2.26. The van der Waals surface area contributed by atoms with Gasteiger partial charge in [0.15, 0.2) is 12.2 Å². The van der Waals surface area contributed by atoms with Crippen molar-refractivity contribution in [3.05, 3.63) is 60.7 Å². The standard InChI is InChI=1S/C24H30N4O6/c1-17(33-19-11-5-3-6-12-19)23(31)27(25)21(29)15-9-10-16-22(30)28(26)24(32)18(2)34-20-13-7-4-8-14-20/h3-8,11-14,17-18H,9-10,15-16,25-26H2,1-2H3. The lowest BCUT2D eigenvalue weighted by atomic mass is 10.1. The van der Waals surface area contributed by atoms with Crippen LogP contribution in [0, 0.1) is 0 Å². The number of hydrogen-bond donors (Lipinski definition) is 2. The molecule has 2 atom stereocenters. The molecule has 0 saturated heterocycles. The molecule has 10 heteroatoms. The van der Waals surface area contributed by atoms with Crippen molar-refractivity contribution in [1.29, 1.82) is 0 Å². The number of carbonyl (C=O) groups excluding carboxylic acids is 4. The lowest BCUT2D eigenvalue weighted by molar-refractivity contribution is -0.151. The first-order chi connectivity index (χ1) is 16.2. The van der Waals surface area contributed by atoms with Gasteiger partial charge in [0.2, 0.25) is 11.8 Å². The van der Waals surface area contributed by atoms with E-state index in [-0.39, 0.29) is 25.7 Å². The second kappa shape index (κ2) is 13.1. The molecule has 182 valence electrons. The molecule has 2 rings (SSSR count). The van der Waals surface area contributed by atoms with Gasteiger partial charge in [-0.1, -0.05) is 36.4 Å². The summed E-state index contributed by atoms with van der Waals surface area (Å²) in [5, 5.41) is 1.05. The van der Waals surface area contributed by atoms with Gasteiger partial charge in [0, 0.05) is 12.8 Å². The summed E-state index contributed by atoms with van der Waals surface area (Å²) in [4.78, 5) is 49.1. The number of nitrogens with zero attached hydrogens (tertiary/aromatic N) is 2. The van der Waals surface area contributed by atoms with Gasteiger partial charge in [-0.25, -0.2) is 21.7 Å². The summed E-state index contributed by atoms with van der Waals surface area (Å²) in [5.41, 5.74) is 0. The summed E-state index contributed by atoms with van der Waals surface area (Å²) in [6.07, 6.45) is -1.46. The van der Waals surface area contributed by atoms with Crippen molar-refractivity contribution in [3.8, 4) is 11.5 Å². The Morgan fingerprint density at radius 3 is 1.32 bits per heavy atom. The topological polar surface area (TPSA) is 145 Å². The number of unbranched alkanes of at least 4 members (excludes halogenated alkanes) is 1. The van der Waals surface area contributed by atoms with Crippen LogP contribution in [0.1, 0.15) is 39.5 Å². The maximum atomic E-state index is 12.3. The molecule has 34 heavy (non-hydrogen) atoms. The fraction of sp³-hybridized carbons (Fsp3) is 0.333. The Kier molecular flexibility index (Phi) is 10.2. The van der Waals surface area contributed by atoms with E-state index in [0.29, 0.717) is 21.5 Å².